The van der Waals surface area contributed by atoms with Gasteiger partial charge in [-0.05, 0) is 36.1 Å². The number of hydrogen-bond donors (Lipinski definition) is 2. The zero-order valence-corrected chi connectivity index (χ0v) is 14.5. The fourth-order valence-corrected chi connectivity index (χ4v) is 3.80. The maximum absolute atomic E-state index is 12.0. The third-order valence-electron chi connectivity index (χ3n) is 5.20. The summed E-state index contributed by atoms with van der Waals surface area (Å²) in [5, 5.41) is 10.7. The molecule has 2 atom stereocenters. The summed E-state index contributed by atoms with van der Waals surface area (Å²) in [6.45, 7) is 3.18. The standard InChI is InChI=1S/C19H24N4O2/c1-23-17(5-8-22-23)18-15(6-9-25-18)12-20-11-13-2-3-14-4-7-21-19(24)16(14)10-13/h2-3,5,8,10,15,18,20H,4,6-7,9,11-12H2,1H3,(H,21,24)/t15-,18+/m0/s1. The van der Waals surface area contributed by atoms with Crippen molar-refractivity contribution < 1.29 is 9.53 Å². The van der Waals surface area contributed by atoms with Crippen molar-refractivity contribution in [3.05, 3.63) is 52.8 Å². The normalized spacial score (nSPS) is 22.7. The number of aryl methyl sites for hydroxylation is 1. The number of benzene rings is 1. The van der Waals surface area contributed by atoms with E-state index in [1.54, 1.807) is 0 Å². The summed E-state index contributed by atoms with van der Waals surface area (Å²) < 4.78 is 7.82. The number of aromatic nitrogens is 2. The maximum Gasteiger partial charge on any atom is 0.251 e. The minimum atomic E-state index is 0.0450. The second kappa shape index (κ2) is 6.98. The van der Waals surface area contributed by atoms with Gasteiger partial charge in [-0.2, -0.15) is 5.10 Å². The van der Waals surface area contributed by atoms with E-state index in [0.717, 1.165) is 61.5 Å². The lowest BCUT2D eigenvalue weighted by molar-refractivity contribution is 0.0838. The van der Waals surface area contributed by atoms with Crippen LogP contribution < -0.4 is 10.6 Å². The number of nitrogens with one attached hydrogen (secondary N) is 2. The van der Waals surface area contributed by atoms with E-state index >= 15 is 0 Å². The molecular formula is C19H24N4O2. The van der Waals surface area contributed by atoms with E-state index in [2.05, 4.69) is 27.9 Å². The van der Waals surface area contributed by atoms with Gasteiger partial charge in [-0.3, -0.25) is 9.48 Å². The van der Waals surface area contributed by atoms with Gasteiger partial charge in [0.1, 0.15) is 6.10 Å². The van der Waals surface area contributed by atoms with Crippen molar-refractivity contribution >= 4 is 5.91 Å². The summed E-state index contributed by atoms with van der Waals surface area (Å²) in [6.07, 6.45) is 3.89. The van der Waals surface area contributed by atoms with E-state index < -0.39 is 0 Å². The Bertz CT molecular complexity index is 771. The number of amides is 1. The predicted molar refractivity (Wildman–Crippen MR) is 94.2 cm³/mol. The Labute approximate surface area is 147 Å². The van der Waals surface area contributed by atoms with E-state index in [9.17, 15) is 4.79 Å². The molecule has 0 bridgehead atoms. The van der Waals surface area contributed by atoms with Crippen LogP contribution in [0.25, 0.3) is 0 Å². The molecule has 2 aliphatic heterocycles. The molecule has 6 nitrogen and oxygen atoms in total. The quantitative estimate of drug-likeness (QED) is 0.867. The van der Waals surface area contributed by atoms with Crippen LogP contribution in [0.2, 0.25) is 0 Å². The highest BCUT2D eigenvalue weighted by atomic mass is 16.5. The largest absolute Gasteiger partial charge is 0.372 e. The van der Waals surface area contributed by atoms with Crippen molar-refractivity contribution in [2.75, 3.05) is 19.7 Å². The highest BCUT2D eigenvalue weighted by molar-refractivity contribution is 5.96. The number of rotatable bonds is 5. The van der Waals surface area contributed by atoms with Gasteiger partial charge in [-0.1, -0.05) is 12.1 Å². The van der Waals surface area contributed by atoms with Crippen LogP contribution in [-0.4, -0.2) is 35.4 Å². The number of ether oxygens (including phenoxy) is 1. The van der Waals surface area contributed by atoms with Crippen molar-refractivity contribution in [3.63, 3.8) is 0 Å². The summed E-state index contributed by atoms with van der Waals surface area (Å²) >= 11 is 0. The summed E-state index contributed by atoms with van der Waals surface area (Å²) in [7, 11) is 1.96. The third-order valence-corrected chi connectivity index (χ3v) is 5.20. The molecule has 2 aromatic rings. The summed E-state index contributed by atoms with van der Waals surface area (Å²) in [5.74, 6) is 0.486. The van der Waals surface area contributed by atoms with Gasteiger partial charge in [0, 0.05) is 51.0 Å². The maximum atomic E-state index is 12.0. The minimum absolute atomic E-state index is 0.0450. The monoisotopic (exact) mass is 340 g/mol. The second-order valence-electron chi connectivity index (χ2n) is 6.85. The van der Waals surface area contributed by atoms with Crippen LogP contribution in [0, 0.1) is 5.92 Å². The van der Waals surface area contributed by atoms with Crippen LogP contribution in [0.4, 0.5) is 0 Å². The molecule has 6 heteroatoms. The molecule has 1 aromatic heterocycles. The van der Waals surface area contributed by atoms with Crippen LogP contribution in [-0.2, 0) is 24.8 Å². The Kier molecular flexibility index (Phi) is 4.55. The van der Waals surface area contributed by atoms with Gasteiger partial charge in [-0.25, -0.2) is 0 Å². The first kappa shape index (κ1) is 16.3. The summed E-state index contributed by atoms with van der Waals surface area (Å²) in [6, 6.07) is 8.25. The number of fused-ring (bicyclic) bond motifs is 1. The molecule has 1 amide bonds. The summed E-state index contributed by atoms with van der Waals surface area (Å²) in [4.78, 5) is 12.0. The topological polar surface area (TPSA) is 68.2 Å². The molecule has 25 heavy (non-hydrogen) atoms. The van der Waals surface area contributed by atoms with Crippen molar-refractivity contribution in [2.45, 2.75) is 25.5 Å². The fourth-order valence-electron chi connectivity index (χ4n) is 3.80. The Morgan fingerprint density at radius 2 is 2.32 bits per heavy atom. The van der Waals surface area contributed by atoms with E-state index in [4.69, 9.17) is 4.74 Å². The molecule has 1 saturated heterocycles. The minimum Gasteiger partial charge on any atom is -0.372 e. The molecule has 2 aliphatic rings. The first-order valence-electron chi connectivity index (χ1n) is 8.92. The molecule has 3 heterocycles. The van der Waals surface area contributed by atoms with Gasteiger partial charge in [0.15, 0.2) is 0 Å². The molecule has 0 radical (unpaired) electrons. The first-order chi connectivity index (χ1) is 12.2. The molecule has 2 N–H and O–H groups in total. The van der Waals surface area contributed by atoms with Crippen LogP contribution in [0.5, 0.6) is 0 Å². The number of carbonyl (C=O) groups excluding carboxylic acids is 1. The van der Waals surface area contributed by atoms with Crippen molar-refractivity contribution in [1.29, 1.82) is 0 Å². The van der Waals surface area contributed by atoms with Gasteiger partial charge < -0.3 is 15.4 Å². The molecule has 0 unspecified atom stereocenters. The van der Waals surface area contributed by atoms with Crippen molar-refractivity contribution in [3.8, 4) is 0 Å². The predicted octanol–water partition coefficient (Wildman–Crippen LogP) is 1.57. The Hall–Kier alpha value is -2.18. The number of nitrogens with zero attached hydrogens (tertiary/aromatic N) is 2. The average molecular weight is 340 g/mol. The smallest absolute Gasteiger partial charge is 0.251 e. The van der Waals surface area contributed by atoms with E-state index in [1.165, 1.54) is 0 Å². The molecule has 0 saturated carbocycles. The van der Waals surface area contributed by atoms with E-state index in [1.807, 2.05) is 30.1 Å². The molecule has 4 rings (SSSR count). The van der Waals surface area contributed by atoms with Gasteiger partial charge in [-0.15, -0.1) is 0 Å². The Balaban J connectivity index is 1.37. The molecule has 0 aliphatic carbocycles. The molecule has 0 spiro atoms. The van der Waals surface area contributed by atoms with Gasteiger partial charge in [0.05, 0.1) is 5.69 Å². The van der Waals surface area contributed by atoms with Crippen LogP contribution in [0.15, 0.2) is 30.5 Å². The molecule has 132 valence electrons. The second-order valence-corrected chi connectivity index (χ2v) is 6.85. The van der Waals surface area contributed by atoms with Gasteiger partial charge in [0.25, 0.3) is 5.91 Å². The van der Waals surface area contributed by atoms with E-state index in [0.29, 0.717) is 5.92 Å². The number of hydrogen-bond acceptors (Lipinski definition) is 4. The van der Waals surface area contributed by atoms with Crippen molar-refractivity contribution in [2.24, 2.45) is 13.0 Å². The number of carbonyl (C=O) groups is 1. The highest BCUT2D eigenvalue weighted by Gasteiger charge is 2.31. The fraction of sp³-hybridized carbons (Fsp3) is 0.474. The SMILES string of the molecule is Cn1nccc1[C@@H]1OCC[C@H]1CNCc1ccc2c(c1)C(=O)NCC2. The van der Waals surface area contributed by atoms with Crippen LogP contribution in [0.1, 0.15) is 39.7 Å². The molecule has 1 fully saturated rings. The zero-order valence-electron chi connectivity index (χ0n) is 14.5. The lowest BCUT2D eigenvalue weighted by Crippen LogP contribution is -2.32. The summed E-state index contributed by atoms with van der Waals surface area (Å²) in [5.41, 5.74) is 4.25. The third kappa shape index (κ3) is 3.32. The molecule has 1 aromatic carbocycles. The highest BCUT2D eigenvalue weighted by Crippen LogP contribution is 2.33. The molecular weight excluding hydrogens is 316 g/mol. The van der Waals surface area contributed by atoms with Crippen LogP contribution >= 0.6 is 0 Å². The van der Waals surface area contributed by atoms with E-state index in [-0.39, 0.29) is 12.0 Å². The first-order valence-corrected chi connectivity index (χ1v) is 8.92. The van der Waals surface area contributed by atoms with Crippen molar-refractivity contribution in [1.82, 2.24) is 20.4 Å². The Morgan fingerprint density at radius 3 is 3.16 bits per heavy atom. The average Bonchev–Trinajstić information content (AvgIpc) is 3.24. The zero-order chi connectivity index (χ0) is 17.2. The van der Waals surface area contributed by atoms with Crippen LogP contribution in [0.3, 0.4) is 0 Å². The van der Waals surface area contributed by atoms with Gasteiger partial charge >= 0.3 is 0 Å². The Morgan fingerprint density at radius 1 is 1.40 bits per heavy atom. The lowest BCUT2D eigenvalue weighted by Gasteiger charge is -2.20. The lowest BCUT2D eigenvalue weighted by atomic mass is 9.97. The van der Waals surface area contributed by atoms with Gasteiger partial charge in [0.2, 0.25) is 0 Å².